The summed E-state index contributed by atoms with van der Waals surface area (Å²) in [6.07, 6.45) is 2.34. The van der Waals surface area contributed by atoms with Gasteiger partial charge in [-0.05, 0) is 36.5 Å². The first-order valence-electron chi connectivity index (χ1n) is 6.88. The Morgan fingerprint density at radius 3 is 2.86 bits per heavy atom. The van der Waals surface area contributed by atoms with Gasteiger partial charge in [0.15, 0.2) is 0 Å². The standard InChI is InChI=1S/C16H16ClN3S/c1-20(9-10-3-2-4-12(17)7-10)16-14(11-5-6-11)15(19)13(8-18)21-16/h2-4,7,11H,5-6,9,19H2,1H3. The number of nitrogen functional groups attached to an aromatic ring is 1. The van der Waals surface area contributed by atoms with Crippen LogP contribution in [0.3, 0.4) is 0 Å². The van der Waals surface area contributed by atoms with Crippen molar-refractivity contribution in [2.45, 2.75) is 25.3 Å². The lowest BCUT2D eigenvalue weighted by Gasteiger charge is -2.19. The molecule has 108 valence electrons. The number of hydrogen-bond donors (Lipinski definition) is 1. The summed E-state index contributed by atoms with van der Waals surface area (Å²) in [4.78, 5) is 2.80. The van der Waals surface area contributed by atoms with Crippen LogP contribution in [-0.2, 0) is 6.54 Å². The predicted octanol–water partition coefficient (Wildman–Crippen LogP) is 4.37. The van der Waals surface area contributed by atoms with Crippen LogP contribution in [0, 0.1) is 11.3 Å². The van der Waals surface area contributed by atoms with Crippen LogP contribution >= 0.6 is 22.9 Å². The molecule has 0 atom stereocenters. The van der Waals surface area contributed by atoms with Gasteiger partial charge in [0.05, 0.1) is 10.7 Å². The monoisotopic (exact) mass is 317 g/mol. The number of benzene rings is 1. The molecule has 1 aromatic carbocycles. The van der Waals surface area contributed by atoms with Gasteiger partial charge in [-0.1, -0.05) is 23.7 Å². The molecule has 0 bridgehead atoms. The fourth-order valence-corrected chi connectivity index (χ4v) is 3.84. The van der Waals surface area contributed by atoms with Gasteiger partial charge < -0.3 is 10.6 Å². The fraction of sp³-hybridized carbons (Fsp3) is 0.312. The molecule has 1 aromatic heterocycles. The first-order chi connectivity index (χ1) is 10.1. The Kier molecular flexibility index (Phi) is 3.79. The maximum absolute atomic E-state index is 9.21. The molecule has 0 unspecified atom stereocenters. The van der Waals surface area contributed by atoms with Gasteiger partial charge in [0.2, 0.25) is 0 Å². The van der Waals surface area contributed by atoms with Crippen LogP contribution in [0.1, 0.15) is 34.8 Å². The van der Waals surface area contributed by atoms with E-state index < -0.39 is 0 Å². The smallest absolute Gasteiger partial charge is 0.130 e. The van der Waals surface area contributed by atoms with Gasteiger partial charge in [0.1, 0.15) is 10.9 Å². The number of anilines is 2. The lowest BCUT2D eigenvalue weighted by atomic mass is 10.1. The summed E-state index contributed by atoms with van der Waals surface area (Å²) in [6.45, 7) is 0.755. The van der Waals surface area contributed by atoms with Gasteiger partial charge >= 0.3 is 0 Å². The quantitative estimate of drug-likeness (QED) is 0.911. The Labute approximate surface area is 133 Å². The topological polar surface area (TPSA) is 53.0 Å². The van der Waals surface area contributed by atoms with Crippen LogP contribution < -0.4 is 10.6 Å². The van der Waals surface area contributed by atoms with Gasteiger partial charge in [0, 0.05) is 24.2 Å². The third kappa shape index (κ3) is 2.85. The van der Waals surface area contributed by atoms with Crippen molar-refractivity contribution in [1.82, 2.24) is 0 Å². The zero-order valence-corrected chi connectivity index (χ0v) is 13.3. The minimum atomic E-state index is 0.528. The summed E-state index contributed by atoms with van der Waals surface area (Å²) in [5.74, 6) is 0.528. The molecule has 2 N–H and O–H groups in total. The van der Waals surface area contributed by atoms with E-state index >= 15 is 0 Å². The Morgan fingerprint density at radius 1 is 1.48 bits per heavy atom. The zero-order valence-electron chi connectivity index (χ0n) is 11.8. The van der Waals surface area contributed by atoms with E-state index in [0.717, 1.165) is 22.1 Å². The maximum Gasteiger partial charge on any atom is 0.130 e. The number of hydrogen-bond acceptors (Lipinski definition) is 4. The first-order valence-corrected chi connectivity index (χ1v) is 8.07. The van der Waals surface area contributed by atoms with Gasteiger partial charge in [-0.15, -0.1) is 11.3 Å². The highest BCUT2D eigenvalue weighted by Gasteiger charge is 2.32. The van der Waals surface area contributed by atoms with Crippen LogP contribution in [0.5, 0.6) is 0 Å². The largest absolute Gasteiger partial charge is 0.397 e. The molecule has 0 saturated heterocycles. The molecule has 0 radical (unpaired) electrons. The van der Waals surface area contributed by atoms with Gasteiger partial charge in [-0.2, -0.15) is 5.26 Å². The molecule has 1 aliphatic rings. The molecule has 1 heterocycles. The second-order valence-corrected chi connectivity index (χ2v) is 6.87. The average molecular weight is 318 g/mol. The molecule has 1 saturated carbocycles. The zero-order chi connectivity index (χ0) is 15.0. The number of nitrogens with two attached hydrogens (primary N) is 1. The second-order valence-electron chi connectivity index (χ2n) is 5.44. The number of nitriles is 1. The molecule has 0 amide bonds. The summed E-state index contributed by atoms with van der Waals surface area (Å²) in [6, 6.07) is 10.1. The third-order valence-corrected chi connectivity index (χ3v) is 5.18. The molecule has 1 aliphatic carbocycles. The van der Waals surface area contributed by atoms with Gasteiger partial charge in [-0.25, -0.2) is 0 Å². The van der Waals surface area contributed by atoms with E-state index in [2.05, 4.69) is 17.0 Å². The molecule has 3 rings (SSSR count). The van der Waals surface area contributed by atoms with E-state index in [-0.39, 0.29) is 0 Å². The highest BCUT2D eigenvalue weighted by molar-refractivity contribution is 7.17. The molecule has 1 fully saturated rings. The van der Waals surface area contributed by atoms with Gasteiger partial charge in [-0.3, -0.25) is 0 Å². The minimum absolute atomic E-state index is 0.528. The van der Waals surface area contributed by atoms with Crippen molar-refractivity contribution in [3.63, 3.8) is 0 Å². The second kappa shape index (κ2) is 5.59. The summed E-state index contributed by atoms with van der Waals surface area (Å²) >= 11 is 7.53. The predicted molar refractivity (Wildman–Crippen MR) is 89.0 cm³/mol. The maximum atomic E-state index is 9.21. The van der Waals surface area contributed by atoms with Crippen LogP contribution in [-0.4, -0.2) is 7.05 Å². The minimum Gasteiger partial charge on any atom is -0.397 e. The SMILES string of the molecule is CN(Cc1cccc(Cl)c1)c1sc(C#N)c(N)c1C1CC1. The molecule has 3 nitrogen and oxygen atoms in total. The van der Waals surface area contributed by atoms with Crippen molar-refractivity contribution in [3.05, 3.63) is 45.3 Å². The lowest BCUT2D eigenvalue weighted by Crippen LogP contribution is -2.16. The Morgan fingerprint density at radius 2 is 2.24 bits per heavy atom. The van der Waals surface area contributed by atoms with Crippen LogP contribution in [0.15, 0.2) is 24.3 Å². The highest BCUT2D eigenvalue weighted by Crippen LogP contribution is 2.51. The van der Waals surface area contributed by atoms with Crippen molar-refractivity contribution in [2.75, 3.05) is 17.7 Å². The van der Waals surface area contributed by atoms with Crippen molar-refractivity contribution >= 4 is 33.6 Å². The van der Waals surface area contributed by atoms with E-state index in [9.17, 15) is 5.26 Å². The van der Waals surface area contributed by atoms with Crippen LogP contribution in [0.2, 0.25) is 5.02 Å². The number of halogens is 1. The van der Waals surface area contributed by atoms with E-state index in [1.807, 2.05) is 25.2 Å². The van der Waals surface area contributed by atoms with Crippen molar-refractivity contribution < 1.29 is 0 Å². The van der Waals surface area contributed by atoms with Crippen molar-refractivity contribution in [2.24, 2.45) is 0 Å². The molecule has 0 spiro atoms. The molecular formula is C16H16ClN3S. The summed E-state index contributed by atoms with van der Waals surface area (Å²) in [7, 11) is 2.04. The molecule has 21 heavy (non-hydrogen) atoms. The molecule has 5 heteroatoms. The van der Waals surface area contributed by atoms with E-state index in [0.29, 0.717) is 16.5 Å². The summed E-state index contributed by atoms with van der Waals surface area (Å²) in [5, 5.41) is 11.1. The molecule has 0 aliphatic heterocycles. The Balaban J connectivity index is 1.91. The molecule has 2 aromatic rings. The number of nitrogens with zero attached hydrogens (tertiary/aromatic N) is 2. The highest BCUT2D eigenvalue weighted by atomic mass is 35.5. The number of rotatable bonds is 4. The fourth-order valence-electron chi connectivity index (χ4n) is 2.56. The number of thiophene rings is 1. The molecular weight excluding hydrogens is 302 g/mol. The lowest BCUT2D eigenvalue weighted by molar-refractivity contribution is 0.922. The van der Waals surface area contributed by atoms with Crippen molar-refractivity contribution in [3.8, 4) is 6.07 Å². The Hall–Kier alpha value is -1.70. The first kappa shape index (κ1) is 14.2. The van der Waals surface area contributed by atoms with E-state index in [4.69, 9.17) is 17.3 Å². The van der Waals surface area contributed by atoms with E-state index in [1.54, 1.807) is 0 Å². The van der Waals surface area contributed by atoms with Crippen LogP contribution in [0.4, 0.5) is 10.7 Å². The van der Waals surface area contributed by atoms with Gasteiger partial charge in [0.25, 0.3) is 0 Å². The normalized spacial score (nSPS) is 14.0. The van der Waals surface area contributed by atoms with E-state index in [1.165, 1.54) is 29.7 Å². The van der Waals surface area contributed by atoms with Crippen molar-refractivity contribution in [1.29, 1.82) is 5.26 Å². The summed E-state index contributed by atoms with van der Waals surface area (Å²) < 4.78 is 0. The average Bonchev–Trinajstić information content (AvgIpc) is 3.22. The summed E-state index contributed by atoms with van der Waals surface area (Å²) in [5.41, 5.74) is 9.15. The van der Waals surface area contributed by atoms with Crippen LogP contribution in [0.25, 0.3) is 0 Å². The Bertz CT molecular complexity index is 713. The third-order valence-electron chi connectivity index (χ3n) is 3.71.